The maximum Gasteiger partial charge on any atom is 0.166 e. The number of nitrogens with zero attached hydrogens (tertiary/aromatic N) is 3. The fourth-order valence-electron chi connectivity index (χ4n) is 3.17. The number of rotatable bonds is 3. The van der Waals surface area contributed by atoms with Crippen LogP contribution in [-0.2, 0) is 12.5 Å². The van der Waals surface area contributed by atoms with Gasteiger partial charge in [-0.3, -0.25) is 0 Å². The largest absolute Gasteiger partial charge is 0.313 e. The lowest BCUT2D eigenvalue weighted by atomic mass is 9.95. The Labute approximate surface area is 150 Å². The molecule has 0 aliphatic heterocycles. The highest BCUT2D eigenvalue weighted by Gasteiger charge is 2.49. The van der Waals surface area contributed by atoms with Gasteiger partial charge in [0.05, 0.1) is 11.0 Å². The van der Waals surface area contributed by atoms with Crippen molar-refractivity contribution in [2.45, 2.75) is 18.3 Å². The van der Waals surface area contributed by atoms with E-state index in [2.05, 4.69) is 22.3 Å². The average molecular weight is 364 g/mol. The van der Waals surface area contributed by atoms with E-state index in [-0.39, 0.29) is 23.6 Å². The zero-order valence-electron chi connectivity index (χ0n) is 13.0. The Morgan fingerprint density at radius 2 is 1.79 bits per heavy atom. The minimum atomic E-state index is -0.385. The summed E-state index contributed by atoms with van der Waals surface area (Å²) < 4.78 is 16.1. The van der Waals surface area contributed by atoms with Gasteiger partial charge in [0, 0.05) is 12.1 Å². The highest BCUT2D eigenvalue weighted by atomic mass is 35.5. The molecule has 1 heterocycles. The molecule has 24 heavy (non-hydrogen) atoms. The van der Waals surface area contributed by atoms with Crippen LogP contribution in [0.1, 0.15) is 24.2 Å². The van der Waals surface area contributed by atoms with Crippen LogP contribution in [0.15, 0.2) is 48.5 Å². The van der Waals surface area contributed by atoms with Gasteiger partial charge in [-0.05, 0) is 36.6 Å². The minimum absolute atomic E-state index is 0. The Balaban J connectivity index is 0.00000169. The summed E-state index contributed by atoms with van der Waals surface area (Å²) in [7, 11) is 1.89. The molecule has 0 unspecified atom stereocenters. The van der Waals surface area contributed by atoms with Crippen molar-refractivity contribution in [3.63, 3.8) is 0 Å². The van der Waals surface area contributed by atoms with Gasteiger partial charge in [0.2, 0.25) is 0 Å². The van der Waals surface area contributed by atoms with Crippen LogP contribution in [0.25, 0.3) is 11.4 Å². The van der Waals surface area contributed by atoms with Crippen molar-refractivity contribution in [2.24, 2.45) is 7.05 Å². The molecule has 124 valence electrons. The average Bonchev–Trinajstić information content (AvgIpc) is 3.27. The van der Waals surface area contributed by atoms with E-state index in [4.69, 9.17) is 11.6 Å². The third-order valence-corrected chi connectivity index (χ3v) is 4.79. The van der Waals surface area contributed by atoms with Crippen molar-refractivity contribution in [1.29, 1.82) is 0 Å². The zero-order chi connectivity index (χ0) is 16.0. The summed E-state index contributed by atoms with van der Waals surface area (Å²) in [4.78, 5) is 0. The van der Waals surface area contributed by atoms with Crippen LogP contribution in [0, 0.1) is 5.82 Å². The second-order valence-electron chi connectivity index (χ2n) is 5.98. The molecule has 0 spiro atoms. The number of benzene rings is 2. The van der Waals surface area contributed by atoms with E-state index >= 15 is 0 Å². The van der Waals surface area contributed by atoms with Crippen LogP contribution in [-0.4, -0.2) is 14.8 Å². The number of halogens is 3. The molecule has 0 saturated heterocycles. The number of aromatic nitrogens is 3. The lowest BCUT2D eigenvalue weighted by Crippen LogP contribution is -2.15. The SMILES string of the molecule is Cl.Cn1c(-c2ccc(Cl)cc2F)nnc1C1(c2ccccc2)CC1. The normalized spacial score (nSPS) is 15.0. The molecule has 6 heteroatoms. The molecule has 0 atom stereocenters. The lowest BCUT2D eigenvalue weighted by Gasteiger charge is -2.15. The van der Waals surface area contributed by atoms with E-state index < -0.39 is 0 Å². The maximum absolute atomic E-state index is 14.2. The second kappa shape index (κ2) is 6.19. The molecule has 4 rings (SSSR count). The molecule has 1 aliphatic carbocycles. The van der Waals surface area contributed by atoms with Crippen LogP contribution < -0.4 is 0 Å². The zero-order valence-corrected chi connectivity index (χ0v) is 14.6. The van der Waals surface area contributed by atoms with E-state index in [0.717, 1.165) is 18.7 Å². The highest BCUT2D eigenvalue weighted by molar-refractivity contribution is 6.30. The van der Waals surface area contributed by atoms with E-state index in [0.29, 0.717) is 16.4 Å². The fourth-order valence-corrected chi connectivity index (χ4v) is 3.33. The summed E-state index contributed by atoms with van der Waals surface area (Å²) in [5.74, 6) is 1.02. The van der Waals surface area contributed by atoms with E-state index in [9.17, 15) is 4.39 Å². The highest BCUT2D eigenvalue weighted by Crippen LogP contribution is 2.52. The predicted octanol–water partition coefficient (Wildman–Crippen LogP) is 4.78. The van der Waals surface area contributed by atoms with Gasteiger partial charge >= 0.3 is 0 Å². The van der Waals surface area contributed by atoms with E-state index in [1.165, 1.54) is 11.6 Å². The first kappa shape index (κ1) is 16.9. The van der Waals surface area contributed by atoms with Gasteiger partial charge < -0.3 is 4.57 Å². The summed E-state index contributed by atoms with van der Waals surface area (Å²) in [6.45, 7) is 0. The molecule has 1 saturated carbocycles. The van der Waals surface area contributed by atoms with Crippen molar-refractivity contribution >= 4 is 24.0 Å². The van der Waals surface area contributed by atoms with Crippen LogP contribution in [0.3, 0.4) is 0 Å². The van der Waals surface area contributed by atoms with Gasteiger partial charge in [-0.15, -0.1) is 22.6 Å². The fraction of sp³-hybridized carbons (Fsp3) is 0.222. The van der Waals surface area contributed by atoms with Crippen molar-refractivity contribution in [2.75, 3.05) is 0 Å². The third kappa shape index (κ3) is 2.60. The number of hydrogen-bond donors (Lipinski definition) is 0. The quantitative estimate of drug-likeness (QED) is 0.670. The molecule has 0 bridgehead atoms. The topological polar surface area (TPSA) is 30.7 Å². The summed E-state index contributed by atoms with van der Waals surface area (Å²) in [5.41, 5.74) is 1.56. The summed E-state index contributed by atoms with van der Waals surface area (Å²) in [5, 5.41) is 8.99. The van der Waals surface area contributed by atoms with E-state index in [1.54, 1.807) is 12.1 Å². The second-order valence-corrected chi connectivity index (χ2v) is 6.41. The molecule has 2 aromatic carbocycles. The summed E-state index contributed by atoms with van der Waals surface area (Å²) in [6, 6.07) is 14.9. The molecule has 3 nitrogen and oxygen atoms in total. The van der Waals surface area contributed by atoms with Gasteiger partial charge in [0.1, 0.15) is 11.6 Å². The molecule has 0 radical (unpaired) electrons. The molecular weight excluding hydrogens is 348 g/mol. The monoisotopic (exact) mass is 363 g/mol. The maximum atomic E-state index is 14.2. The van der Waals surface area contributed by atoms with Crippen molar-refractivity contribution in [3.8, 4) is 11.4 Å². The van der Waals surface area contributed by atoms with Crippen LogP contribution in [0.4, 0.5) is 4.39 Å². The molecule has 3 aromatic rings. The molecule has 1 fully saturated rings. The molecule has 1 aromatic heterocycles. The Hall–Kier alpha value is -1.91. The van der Waals surface area contributed by atoms with Crippen molar-refractivity contribution < 1.29 is 4.39 Å². The summed E-state index contributed by atoms with van der Waals surface area (Å²) >= 11 is 5.83. The number of hydrogen-bond acceptors (Lipinski definition) is 2. The van der Waals surface area contributed by atoms with Crippen molar-refractivity contribution in [1.82, 2.24) is 14.8 Å². The first-order chi connectivity index (χ1) is 11.1. The van der Waals surface area contributed by atoms with Gasteiger partial charge in [-0.2, -0.15) is 0 Å². The predicted molar refractivity (Wildman–Crippen MR) is 95.1 cm³/mol. The first-order valence-electron chi connectivity index (χ1n) is 7.53. The first-order valence-corrected chi connectivity index (χ1v) is 7.90. The van der Waals surface area contributed by atoms with Gasteiger partial charge in [-0.25, -0.2) is 4.39 Å². The molecular formula is C18H16Cl2FN3. The van der Waals surface area contributed by atoms with Gasteiger partial charge in [-0.1, -0.05) is 41.9 Å². The van der Waals surface area contributed by atoms with Crippen LogP contribution >= 0.6 is 24.0 Å². The molecule has 0 amide bonds. The standard InChI is InChI=1S/C18H15ClFN3.ClH/c1-23-16(14-8-7-13(19)11-15(14)20)21-22-17(23)18(9-10-18)12-5-3-2-4-6-12;/h2-8,11H,9-10H2,1H3;1H. The minimum Gasteiger partial charge on any atom is -0.313 e. The van der Waals surface area contributed by atoms with Crippen molar-refractivity contribution in [3.05, 3.63) is 70.8 Å². The van der Waals surface area contributed by atoms with Crippen LogP contribution in [0.2, 0.25) is 5.02 Å². The molecule has 1 aliphatic rings. The smallest absolute Gasteiger partial charge is 0.166 e. The Morgan fingerprint density at radius 3 is 2.42 bits per heavy atom. The molecule has 0 N–H and O–H groups in total. The Bertz CT molecular complexity index is 873. The van der Waals surface area contributed by atoms with Crippen LogP contribution in [0.5, 0.6) is 0 Å². The Kier molecular flexibility index (Phi) is 4.37. The lowest BCUT2D eigenvalue weighted by molar-refractivity contribution is 0.627. The van der Waals surface area contributed by atoms with Gasteiger partial charge in [0.15, 0.2) is 5.82 Å². The van der Waals surface area contributed by atoms with Gasteiger partial charge in [0.25, 0.3) is 0 Å². The Morgan fingerprint density at radius 1 is 1.08 bits per heavy atom. The van der Waals surface area contributed by atoms with E-state index in [1.807, 2.05) is 29.8 Å². The summed E-state index contributed by atoms with van der Waals surface area (Å²) in [6.07, 6.45) is 2.07. The third-order valence-electron chi connectivity index (χ3n) is 4.55.